The first-order valence-corrected chi connectivity index (χ1v) is 11.2. The van der Waals surface area contributed by atoms with Gasteiger partial charge in [-0.2, -0.15) is 0 Å². The van der Waals surface area contributed by atoms with Gasteiger partial charge < -0.3 is 20.4 Å². The highest BCUT2D eigenvalue weighted by Crippen LogP contribution is 2.45. The number of hydrogen-bond acceptors (Lipinski definition) is 5. The van der Waals surface area contributed by atoms with E-state index in [1.807, 2.05) is 16.8 Å². The van der Waals surface area contributed by atoms with Crippen molar-refractivity contribution in [2.24, 2.45) is 11.1 Å². The summed E-state index contributed by atoms with van der Waals surface area (Å²) in [6, 6.07) is 13.0. The molecule has 2 aromatic heterocycles. The van der Waals surface area contributed by atoms with Gasteiger partial charge in [0.1, 0.15) is 23.3 Å². The van der Waals surface area contributed by atoms with Crippen LogP contribution in [0.2, 0.25) is 5.02 Å². The van der Waals surface area contributed by atoms with Crippen molar-refractivity contribution in [3.63, 3.8) is 0 Å². The lowest BCUT2D eigenvalue weighted by Crippen LogP contribution is -2.31. The van der Waals surface area contributed by atoms with E-state index in [2.05, 4.69) is 15.3 Å². The molecule has 0 atom stereocenters. The number of alkyl halides is 2. The fourth-order valence-corrected chi connectivity index (χ4v) is 3.78. The third-order valence-corrected chi connectivity index (χ3v) is 5.78. The van der Waals surface area contributed by atoms with Gasteiger partial charge >= 0.3 is 0 Å². The minimum atomic E-state index is -3.02. The van der Waals surface area contributed by atoms with Crippen LogP contribution in [0, 0.1) is 5.41 Å². The lowest BCUT2D eigenvalue weighted by atomic mass is 9.83. The monoisotopic (exact) mass is 485 g/mol. The number of halogens is 3. The molecule has 2 aromatic carbocycles. The van der Waals surface area contributed by atoms with Crippen LogP contribution in [0.3, 0.4) is 0 Å². The van der Waals surface area contributed by atoms with E-state index in [0.717, 1.165) is 11.0 Å². The Kier molecular flexibility index (Phi) is 6.47. The molecule has 0 saturated heterocycles. The van der Waals surface area contributed by atoms with E-state index in [9.17, 15) is 8.78 Å². The molecular formula is C25H26ClF2N5O. The zero-order valence-electron chi connectivity index (χ0n) is 19.1. The Labute approximate surface area is 201 Å². The molecule has 9 heteroatoms. The van der Waals surface area contributed by atoms with Crippen molar-refractivity contribution >= 4 is 34.1 Å². The second-order valence-electron chi connectivity index (χ2n) is 8.98. The molecule has 0 radical (unpaired) electrons. The smallest absolute Gasteiger partial charge is 0.278 e. The summed E-state index contributed by atoms with van der Waals surface area (Å²) >= 11 is 6.46. The number of rotatable bonds is 7. The second kappa shape index (κ2) is 9.19. The van der Waals surface area contributed by atoms with E-state index in [-0.39, 0.29) is 11.3 Å². The summed E-state index contributed by atoms with van der Waals surface area (Å²) in [6.45, 7) is 5.62. The Hall–Kier alpha value is -3.23. The van der Waals surface area contributed by atoms with E-state index in [0.29, 0.717) is 35.4 Å². The van der Waals surface area contributed by atoms with Crippen molar-refractivity contribution in [1.82, 2.24) is 14.5 Å². The second-order valence-corrected chi connectivity index (χ2v) is 9.39. The summed E-state index contributed by atoms with van der Waals surface area (Å²) in [6.07, 6.45) is 3.40. The van der Waals surface area contributed by atoms with Crippen LogP contribution in [0.25, 0.3) is 11.0 Å². The Morgan fingerprint density at radius 1 is 1.09 bits per heavy atom. The fraction of sp³-hybridized carbons (Fsp3) is 0.280. The molecule has 4 rings (SSSR count). The van der Waals surface area contributed by atoms with Crippen LogP contribution < -0.4 is 15.8 Å². The third kappa shape index (κ3) is 4.69. The summed E-state index contributed by atoms with van der Waals surface area (Å²) in [5.41, 5.74) is 6.69. The average molecular weight is 486 g/mol. The average Bonchev–Trinajstić information content (AvgIpc) is 3.19. The van der Waals surface area contributed by atoms with E-state index < -0.39 is 11.3 Å². The maximum atomic E-state index is 14.8. The van der Waals surface area contributed by atoms with Gasteiger partial charge in [0.2, 0.25) is 0 Å². The molecule has 0 spiro atoms. The topological polar surface area (TPSA) is 78.0 Å². The largest absolute Gasteiger partial charge is 0.456 e. The van der Waals surface area contributed by atoms with Gasteiger partial charge in [0, 0.05) is 36.0 Å². The van der Waals surface area contributed by atoms with Gasteiger partial charge in [-0.25, -0.2) is 18.7 Å². The van der Waals surface area contributed by atoms with Gasteiger partial charge in [-0.05, 0) is 36.4 Å². The Morgan fingerprint density at radius 3 is 2.59 bits per heavy atom. The first kappa shape index (κ1) is 23.9. The molecule has 34 heavy (non-hydrogen) atoms. The predicted molar refractivity (Wildman–Crippen MR) is 131 cm³/mol. The van der Waals surface area contributed by atoms with Crippen LogP contribution in [-0.4, -0.2) is 21.1 Å². The van der Waals surface area contributed by atoms with Crippen molar-refractivity contribution in [2.75, 3.05) is 11.9 Å². The third-order valence-electron chi connectivity index (χ3n) is 5.48. The first-order chi connectivity index (χ1) is 16.1. The Morgan fingerprint density at radius 2 is 1.88 bits per heavy atom. The quantitative estimate of drug-likeness (QED) is 0.304. The van der Waals surface area contributed by atoms with Crippen LogP contribution in [0.1, 0.15) is 26.3 Å². The number of hydrogen-bond donors (Lipinski definition) is 2. The van der Waals surface area contributed by atoms with E-state index in [1.54, 1.807) is 30.3 Å². The molecule has 0 aliphatic carbocycles. The number of nitrogens with one attached hydrogen (secondary N) is 1. The van der Waals surface area contributed by atoms with Crippen LogP contribution in [-0.2, 0) is 12.5 Å². The van der Waals surface area contributed by atoms with Crippen molar-refractivity contribution in [1.29, 1.82) is 0 Å². The number of anilines is 2. The number of nitrogens with zero attached hydrogens (tertiary/aromatic N) is 3. The molecule has 0 amide bonds. The summed E-state index contributed by atoms with van der Waals surface area (Å²) in [4.78, 5) is 8.65. The summed E-state index contributed by atoms with van der Waals surface area (Å²) < 4.78 is 37.4. The SMILES string of the molecule is CC(C)(C)C(F)(F)c1cccc(Oc2ccc(Nc3ncnc4ccn(CCN)c34)cc2Cl)c1. The van der Waals surface area contributed by atoms with Gasteiger partial charge in [-0.1, -0.05) is 44.5 Å². The predicted octanol–water partition coefficient (Wildman–Crippen LogP) is 6.72. The molecule has 0 saturated carbocycles. The van der Waals surface area contributed by atoms with Gasteiger partial charge in [0.15, 0.2) is 5.82 Å². The Balaban J connectivity index is 1.57. The van der Waals surface area contributed by atoms with E-state index >= 15 is 0 Å². The lowest BCUT2D eigenvalue weighted by Gasteiger charge is -2.30. The molecule has 6 nitrogen and oxygen atoms in total. The minimum absolute atomic E-state index is 0.111. The van der Waals surface area contributed by atoms with E-state index in [1.165, 1.54) is 39.2 Å². The molecule has 0 aliphatic rings. The zero-order valence-corrected chi connectivity index (χ0v) is 19.9. The van der Waals surface area contributed by atoms with Crippen molar-refractivity contribution < 1.29 is 13.5 Å². The van der Waals surface area contributed by atoms with Crippen molar-refractivity contribution in [3.8, 4) is 11.5 Å². The molecular weight excluding hydrogens is 460 g/mol. The molecule has 4 aromatic rings. The van der Waals surface area contributed by atoms with Crippen LogP contribution in [0.4, 0.5) is 20.3 Å². The highest BCUT2D eigenvalue weighted by Gasteiger charge is 2.44. The maximum Gasteiger partial charge on any atom is 0.278 e. The number of nitrogens with two attached hydrogens (primary N) is 1. The summed E-state index contributed by atoms with van der Waals surface area (Å²) in [7, 11) is 0. The standard InChI is InChI=1S/C25H26ClF2N5O/c1-24(2,3)25(27,28)16-5-4-6-18(13-16)34-21-8-7-17(14-19(21)26)32-23-22-20(30-15-31-23)9-11-33(22)12-10-29/h4-9,11,13-15H,10,12,29H2,1-3H3,(H,30,31,32). The number of aromatic nitrogens is 3. The normalized spacial score (nSPS) is 12.2. The maximum absolute atomic E-state index is 14.8. The molecule has 0 bridgehead atoms. The molecule has 0 unspecified atom stereocenters. The highest BCUT2D eigenvalue weighted by atomic mass is 35.5. The van der Waals surface area contributed by atoms with Gasteiger partial charge in [0.25, 0.3) is 5.92 Å². The van der Waals surface area contributed by atoms with E-state index in [4.69, 9.17) is 22.1 Å². The van der Waals surface area contributed by atoms with Crippen LogP contribution in [0.5, 0.6) is 11.5 Å². The molecule has 178 valence electrons. The minimum Gasteiger partial charge on any atom is -0.456 e. The molecule has 2 heterocycles. The Bertz CT molecular complexity index is 1320. The molecule has 3 N–H and O–H groups in total. The van der Waals surface area contributed by atoms with Crippen LogP contribution in [0.15, 0.2) is 61.1 Å². The van der Waals surface area contributed by atoms with Gasteiger partial charge in [-0.3, -0.25) is 0 Å². The number of fused-ring (bicyclic) bond motifs is 1. The van der Waals surface area contributed by atoms with Crippen LogP contribution >= 0.6 is 11.6 Å². The fourth-order valence-electron chi connectivity index (χ4n) is 3.56. The van der Waals surface area contributed by atoms with Gasteiger partial charge in [-0.15, -0.1) is 0 Å². The molecule has 0 fully saturated rings. The summed E-state index contributed by atoms with van der Waals surface area (Å²) in [5.74, 6) is -1.77. The highest BCUT2D eigenvalue weighted by molar-refractivity contribution is 6.32. The molecule has 0 aliphatic heterocycles. The van der Waals surface area contributed by atoms with Gasteiger partial charge in [0.05, 0.1) is 10.5 Å². The van der Waals surface area contributed by atoms with Crippen molar-refractivity contribution in [3.05, 3.63) is 71.6 Å². The number of ether oxygens (including phenoxy) is 1. The number of benzene rings is 2. The zero-order chi connectivity index (χ0) is 24.5. The summed E-state index contributed by atoms with van der Waals surface area (Å²) in [5, 5.41) is 3.58. The lowest BCUT2D eigenvalue weighted by molar-refractivity contribution is -0.104. The first-order valence-electron chi connectivity index (χ1n) is 10.8. The van der Waals surface area contributed by atoms with Crippen molar-refractivity contribution in [2.45, 2.75) is 33.2 Å².